The minimum Gasteiger partial charge on any atom is -0.240 e. The molecule has 0 fully saturated rings. The highest BCUT2D eigenvalue weighted by Gasteiger charge is 2.18. The van der Waals surface area contributed by atoms with E-state index in [2.05, 4.69) is 38.1 Å². The number of allylic oxidation sites excluding steroid dienone is 4. The maximum absolute atomic E-state index is 5.94. The van der Waals surface area contributed by atoms with Gasteiger partial charge in [-0.15, -0.1) is 0 Å². The lowest BCUT2D eigenvalue weighted by Crippen LogP contribution is -2.16. The Labute approximate surface area is 95.6 Å². The van der Waals surface area contributed by atoms with Crippen LogP contribution >= 0.6 is 11.6 Å². The minimum absolute atomic E-state index is 0.545. The van der Waals surface area contributed by atoms with Crippen LogP contribution in [0, 0.1) is 5.92 Å². The molecule has 2 aliphatic heterocycles. The second kappa shape index (κ2) is 3.86. The molecule has 3 heteroatoms. The molecule has 0 aromatic heterocycles. The molecule has 0 radical (unpaired) electrons. The fraction of sp³-hybridized carbons (Fsp3) is 0.417. The van der Waals surface area contributed by atoms with Gasteiger partial charge < -0.3 is 0 Å². The summed E-state index contributed by atoms with van der Waals surface area (Å²) in [6, 6.07) is 0. The molecule has 80 valence electrons. The molecular weight excluding hydrogens is 208 g/mol. The highest BCUT2D eigenvalue weighted by Crippen LogP contribution is 2.29. The van der Waals surface area contributed by atoms with Crippen LogP contribution < -0.4 is 0 Å². The third kappa shape index (κ3) is 2.00. The van der Waals surface area contributed by atoms with Crippen molar-refractivity contribution >= 4 is 16.8 Å². The van der Waals surface area contributed by atoms with Crippen molar-refractivity contribution in [2.45, 2.75) is 27.2 Å². The van der Waals surface area contributed by atoms with Crippen molar-refractivity contribution in [3.63, 3.8) is 0 Å². The Kier molecular flexibility index (Phi) is 2.70. The maximum atomic E-state index is 5.94. The van der Waals surface area contributed by atoms with Gasteiger partial charge in [-0.3, -0.25) is 0 Å². The summed E-state index contributed by atoms with van der Waals surface area (Å²) in [5.41, 5.74) is 3.67. The first kappa shape index (κ1) is 10.5. The zero-order chi connectivity index (χ0) is 11.0. The zero-order valence-corrected chi connectivity index (χ0v) is 10.0. The van der Waals surface area contributed by atoms with Crippen molar-refractivity contribution in [2.24, 2.45) is 11.0 Å². The Bertz CT molecular complexity index is 402. The molecule has 0 aromatic carbocycles. The SMILES string of the molecule is CC1=CC(Cl)=NN2C=C(C)C(C)CC=C12. The smallest absolute Gasteiger partial charge is 0.150 e. The first-order chi connectivity index (χ1) is 7.08. The molecule has 2 nitrogen and oxygen atoms in total. The molecule has 15 heavy (non-hydrogen) atoms. The van der Waals surface area contributed by atoms with E-state index in [0.29, 0.717) is 11.1 Å². The van der Waals surface area contributed by atoms with E-state index in [9.17, 15) is 0 Å². The van der Waals surface area contributed by atoms with Crippen LogP contribution in [0.3, 0.4) is 0 Å². The van der Waals surface area contributed by atoms with E-state index in [1.807, 2.05) is 11.1 Å². The maximum Gasteiger partial charge on any atom is 0.150 e. The minimum atomic E-state index is 0.545. The van der Waals surface area contributed by atoms with E-state index in [4.69, 9.17) is 11.6 Å². The third-order valence-corrected chi connectivity index (χ3v) is 3.14. The summed E-state index contributed by atoms with van der Waals surface area (Å²) in [5.74, 6) is 0.574. The first-order valence-electron chi connectivity index (χ1n) is 5.18. The van der Waals surface area contributed by atoms with E-state index in [1.54, 1.807) is 0 Å². The number of halogens is 1. The van der Waals surface area contributed by atoms with Gasteiger partial charge in [-0.05, 0) is 37.8 Å². The van der Waals surface area contributed by atoms with Gasteiger partial charge in [0.05, 0.1) is 5.70 Å². The molecule has 0 saturated heterocycles. The summed E-state index contributed by atoms with van der Waals surface area (Å²) in [6.45, 7) is 6.43. The Balaban J connectivity index is 2.44. The van der Waals surface area contributed by atoms with Crippen LogP contribution in [0.2, 0.25) is 0 Å². The lowest BCUT2D eigenvalue weighted by atomic mass is 10.0. The molecule has 1 unspecified atom stereocenters. The highest BCUT2D eigenvalue weighted by atomic mass is 35.5. The number of fused-ring (bicyclic) bond motifs is 1. The monoisotopic (exact) mass is 222 g/mol. The van der Waals surface area contributed by atoms with Gasteiger partial charge in [-0.2, -0.15) is 5.10 Å². The molecule has 2 heterocycles. The number of hydrogen-bond donors (Lipinski definition) is 0. The van der Waals surface area contributed by atoms with Gasteiger partial charge in [0.2, 0.25) is 0 Å². The Morgan fingerprint density at radius 3 is 2.93 bits per heavy atom. The van der Waals surface area contributed by atoms with Gasteiger partial charge in [0, 0.05) is 6.20 Å². The van der Waals surface area contributed by atoms with Crippen molar-refractivity contribution in [2.75, 3.05) is 0 Å². The predicted molar refractivity (Wildman–Crippen MR) is 64.5 cm³/mol. The number of nitrogens with zero attached hydrogens (tertiary/aromatic N) is 2. The summed E-state index contributed by atoms with van der Waals surface area (Å²) in [5, 5.41) is 6.72. The third-order valence-electron chi connectivity index (χ3n) is 2.96. The molecule has 0 saturated carbocycles. The van der Waals surface area contributed by atoms with Crippen molar-refractivity contribution in [1.82, 2.24) is 5.01 Å². The lowest BCUT2D eigenvalue weighted by molar-refractivity contribution is 0.499. The second-order valence-electron chi connectivity index (χ2n) is 4.19. The average Bonchev–Trinajstić information content (AvgIpc) is 2.27. The Morgan fingerprint density at radius 2 is 2.20 bits per heavy atom. The van der Waals surface area contributed by atoms with Gasteiger partial charge in [-0.1, -0.05) is 30.2 Å². The molecule has 0 spiro atoms. The fourth-order valence-electron chi connectivity index (χ4n) is 1.77. The summed E-state index contributed by atoms with van der Waals surface area (Å²) in [7, 11) is 0. The molecule has 0 aromatic rings. The number of hydrazone groups is 1. The van der Waals surface area contributed by atoms with E-state index in [0.717, 1.165) is 12.1 Å². The first-order valence-corrected chi connectivity index (χ1v) is 5.56. The van der Waals surface area contributed by atoms with Crippen molar-refractivity contribution in [1.29, 1.82) is 0 Å². The lowest BCUT2D eigenvalue weighted by Gasteiger charge is -2.22. The molecule has 0 amide bonds. The van der Waals surface area contributed by atoms with Gasteiger partial charge in [0.25, 0.3) is 0 Å². The van der Waals surface area contributed by atoms with E-state index < -0.39 is 0 Å². The van der Waals surface area contributed by atoms with Crippen LogP contribution in [0.15, 0.2) is 40.3 Å². The summed E-state index contributed by atoms with van der Waals surface area (Å²) < 4.78 is 0. The largest absolute Gasteiger partial charge is 0.240 e. The van der Waals surface area contributed by atoms with Crippen molar-refractivity contribution in [3.05, 3.63) is 35.2 Å². The van der Waals surface area contributed by atoms with Crippen LogP contribution in [0.25, 0.3) is 0 Å². The number of hydrogen-bond acceptors (Lipinski definition) is 2. The van der Waals surface area contributed by atoms with Crippen LogP contribution in [0.1, 0.15) is 27.2 Å². The van der Waals surface area contributed by atoms with Crippen LogP contribution in [0.5, 0.6) is 0 Å². The Hall–Kier alpha value is -1.02. The van der Waals surface area contributed by atoms with E-state index in [1.165, 1.54) is 11.1 Å². The normalized spacial score (nSPS) is 25.9. The zero-order valence-electron chi connectivity index (χ0n) is 9.29. The molecule has 2 aliphatic rings. The molecule has 0 N–H and O–H groups in total. The average molecular weight is 223 g/mol. The molecule has 0 bridgehead atoms. The molecule has 1 atom stereocenters. The molecular formula is C12H15ClN2. The van der Waals surface area contributed by atoms with E-state index in [-0.39, 0.29) is 0 Å². The van der Waals surface area contributed by atoms with Gasteiger partial charge in [0.15, 0.2) is 0 Å². The van der Waals surface area contributed by atoms with Gasteiger partial charge in [0.1, 0.15) is 5.17 Å². The topological polar surface area (TPSA) is 15.6 Å². The summed E-state index contributed by atoms with van der Waals surface area (Å²) in [6.07, 6.45) is 7.27. The standard InChI is InChI=1S/C12H15ClN2/c1-8-4-5-11-9(2)6-12(13)14-15(11)7-10(8)3/h5-8H,4H2,1-3H3. The van der Waals surface area contributed by atoms with Gasteiger partial charge in [-0.25, -0.2) is 5.01 Å². The predicted octanol–water partition coefficient (Wildman–Crippen LogP) is 3.63. The van der Waals surface area contributed by atoms with Crippen LogP contribution in [0.4, 0.5) is 0 Å². The fourth-order valence-corrected chi connectivity index (χ4v) is 2.01. The highest BCUT2D eigenvalue weighted by molar-refractivity contribution is 6.68. The van der Waals surface area contributed by atoms with Crippen LogP contribution in [-0.4, -0.2) is 10.2 Å². The van der Waals surface area contributed by atoms with Gasteiger partial charge >= 0.3 is 0 Å². The summed E-state index contributed by atoms with van der Waals surface area (Å²) in [4.78, 5) is 0. The quantitative estimate of drug-likeness (QED) is 0.611. The Morgan fingerprint density at radius 1 is 1.47 bits per heavy atom. The molecule has 0 aliphatic carbocycles. The number of rotatable bonds is 0. The van der Waals surface area contributed by atoms with Crippen molar-refractivity contribution in [3.8, 4) is 0 Å². The summed E-state index contributed by atoms with van der Waals surface area (Å²) >= 11 is 5.94. The van der Waals surface area contributed by atoms with E-state index >= 15 is 0 Å². The molecule has 2 rings (SSSR count). The van der Waals surface area contributed by atoms with Crippen LogP contribution in [-0.2, 0) is 0 Å². The second-order valence-corrected chi connectivity index (χ2v) is 4.58. The van der Waals surface area contributed by atoms with Crippen molar-refractivity contribution < 1.29 is 0 Å².